The summed E-state index contributed by atoms with van der Waals surface area (Å²) in [5, 5.41) is 9.52. The van der Waals surface area contributed by atoms with Gasteiger partial charge in [0.1, 0.15) is 0 Å². The number of hydrogen-bond donors (Lipinski definition) is 2. The third kappa shape index (κ3) is 3.18. The number of nitrogens with zero attached hydrogens (tertiary/aromatic N) is 1. The van der Waals surface area contributed by atoms with Crippen molar-refractivity contribution < 1.29 is 5.11 Å². The summed E-state index contributed by atoms with van der Waals surface area (Å²) in [4.78, 5) is 1.85. The second-order valence-electron chi connectivity index (χ2n) is 3.69. The van der Waals surface area contributed by atoms with Crippen molar-refractivity contribution in [3.8, 4) is 0 Å². The molecule has 0 heterocycles. The Hall–Kier alpha value is -0.120. The van der Waals surface area contributed by atoms with Crippen LogP contribution in [-0.4, -0.2) is 27.9 Å². The van der Waals surface area contributed by atoms with Crippen LogP contribution in [0.5, 0.6) is 0 Å². The standard InChI is InChI=1S/C8H20N2O/c1-6(2)10(7(3)4)8(5,9)11/h6-7,11H,9H2,1-5H3. The Morgan fingerprint density at radius 1 is 1.18 bits per heavy atom. The zero-order valence-corrected chi connectivity index (χ0v) is 8.13. The molecule has 11 heavy (non-hydrogen) atoms. The van der Waals surface area contributed by atoms with Crippen LogP contribution in [0.3, 0.4) is 0 Å². The Morgan fingerprint density at radius 2 is 1.45 bits per heavy atom. The number of nitrogens with two attached hydrogens (primary N) is 1. The molecule has 0 radical (unpaired) electrons. The maximum absolute atomic E-state index is 9.52. The topological polar surface area (TPSA) is 49.5 Å². The van der Waals surface area contributed by atoms with Crippen LogP contribution in [0.1, 0.15) is 34.6 Å². The highest BCUT2D eigenvalue weighted by molar-refractivity contribution is 4.75. The molecule has 0 aliphatic rings. The minimum atomic E-state index is -1.21. The first-order valence-corrected chi connectivity index (χ1v) is 4.06. The molecule has 0 rings (SSSR count). The van der Waals surface area contributed by atoms with E-state index in [2.05, 4.69) is 0 Å². The molecule has 0 aromatic carbocycles. The molecular formula is C8H20N2O. The summed E-state index contributed by atoms with van der Waals surface area (Å²) in [6, 6.07) is 0.519. The number of hydrogen-bond acceptors (Lipinski definition) is 3. The van der Waals surface area contributed by atoms with Gasteiger partial charge in [-0.3, -0.25) is 10.6 Å². The Balaban J connectivity index is 4.35. The Morgan fingerprint density at radius 3 is 1.45 bits per heavy atom. The summed E-state index contributed by atoms with van der Waals surface area (Å²) in [5.74, 6) is -1.21. The fourth-order valence-corrected chi connectivity index (χ4v) is 1.64. The summed E-state index contributed by atoms with van der Waals surface area (Å²) < 4.78 is 0. The molecule has 0 bridgehead atoms. The van der Waals surface area contributed by atoms with Crippen LogP contribution in [0.4, 0.5) is 0 Å². The van der Waals surface area contributed by atoms with E-state index in [-0.39, 0.29) is 12.1 Å². The zero-order chi connectivity index (χ0) is 9.23. The average molecular weight is 160 g/mol. The van der Waals surface area contributed by atoms with Gasteiger partial charge in [-0.25, -0.2) is 0 Å². The maximum atomic E-state index is 9.52. The molecule has 68 valence electrons. The van der Waals surface area contributed by atoms with Crippen LogP contribution >= 0.6 is 0 Å². The van der Waals surface area contributed by atoms with Gasteiger partial charge < -0.3 is 5.11 Å². The van der Waals surface area contributed by atoms with E-state index in [4.69, 9.17) is 5.73 Å². The van der Waals surface area contributed by atoms with Gasteiger partial charge in [0, 0.05) is 12.1 Å². The monoisotopic (exact) mass is 160 g/mol. The van der Waals surface area contributed by atoms with Crippen molar-refractivity contribution >= 4 is 0 Å². The van der Waals surface area contributed by atoms with Crippen LogP contribution in [0.15, 0.2) is 0 Å². The van der Waals surface area contributed by atoms with E-state index in [1.54, 1.807) is 6.92 Å². The van der Waals surface area contributed by atoms with Crippen molar-refractivity contribution in [1.29, 1.82) is 0 Å². The van der Waals surface area contributed by atoms with E-state index in [1.807, 2.05) is 32.6 Å². The van der Waals surface area contributed by atoms with Crippen molar-refractivity contribution in [2.75, 3.05) is 0 Å². The molecule has 0 amide bonds. The summed E-state index contributed by atoms with van der Waals surface area (Å²) in [6.07, 6.45) is 0. The van der Waals surface area contributed by atoms with Crippen LogP contribution < -0.4 is 5.73 Å². The second kappa shape index (κ2) is 3.52. The van der Waals surface area contributed by atoms with E-state index < -0.39 is 5.85 Å². The molecule has 0 saturated heterocycles. The number of rotatable bonds is 3. The van der Waals surface area contributed by atoms with Crippen LogP contribution in [0.2, 0.25) is 0 Å². The Kier molecular flexibility index (Phi) is 3.48. The molecule has 0 saturated carbocycles. The lowest BCUT2D eigenvalue weighted by molar-refractivity contribution is -0.120. The molecular weight excluding hydrogens is 140 g/mol. The molecule has 0 aromatic heterocycles. The summed E-state index contributed by atoms with van der Waals surface area (Å²) in [6.45, 7) is 9.66. The minimum Gasteiger partial charge on any atom is -0.363 e. The summed E-state index contributed by atoms with van der Waals surface area (Å²) >= 11 is 0. The van der Waals surface area contributed by atoms with E-state index in [1.165, 1.54) is 0 Å². The molecule has 0 aromatic rings. The average Bonchev–Trinajstić information content (AvgIpc) is 1.54. The molecule has 1 unspecified atom stereocenters. The molecule has 3 heteroatoms. The maximum Gasteiger partial charge on any atom is 0.169 e. The molecule has 0 aliphatic heterocycles. The zero-order valence-electron chi connectivity index (χ0n) is 8.13. The van der Waals surface area contributed by atoms with Crippen molar-refractivity contribution in [1.82, 2.24) is 4.90 Å². The third-order valence-electron chi connectivity index (χ3n) is 1.64. The molecule has 0 aliphatic carbocycles. The highest BCUT2D eigenvalue weighted by Gasteiger charge is 2.28. The lowest BCUT2D eigenvalue weighted by Gasteiger charge is -2.39. The fourth-order valence-electron chi connectivity index (χ4n) is 1.64. The van der Waals surface area contributed by atoms with Gasteiger partial charge in [0.05, 0.1) is 0 Å². The van der Waals surface area contributed by atoms with Gasteiger partial charge in [0.2, 0.25) is 0 Å². The van der Waals surface area contributed by atoms with Gasteiger partial charge in [-0.15, -0.1) is 0 Å². The summed E-state index contributed by atoms with van der Waals surface area (Å²) in [5.41, 5.74) is 5.56. The van der Waals surface area contributed by atoms with E-state index in [9.17, 15) is 5.11 Å². The molecule has 3 nitrogen and oxygen atoms in total. The van der Waals surface area contributed by atoms with Gasteiger partial charge in [-0.2, -0.15) is 0 Å². The van der Waals surface area contributed by atoms with Crippen LogP contribution in [0.25, 0.3) is 0 Å². The predicted octanol–water partition coefficient (Wildman–Crippen LogP) is 0.730. The van der Waals surface area contributed by atoms with Crippen LogP contribution in [-0.2, 0) is 0 Å². The fraction of sp³-hybridized carbons (Fsp3) is 1.00. The van der Waals surface area contributed by atoms with Gasteiger partial charge in [-0.05, 0) is 34.6 Å². The van der Waals surface area contributed by atoms with Crippen LogP contribution in [0, 0.1) is 0 Å². The van der Waals surface area contributed by atoms with Crippen molar-refractivity contribution in [2.45, 2.75) is 52.6 Å². The third-order valence-corrected chi connectivity index (χ3v) is 1.64. The highest BCUT2D eigenvalue weighted by atomic mass is 16.3. The Bertz CT molecular complexity index is 108. The lowest BCUT2D eigenvalue weighted by atomic mass is 10.2. The van der Waals surface area contributed by atoms with Gasteiger partial charge >= 0.3 is 0 Å². The minimum absolute atomic E-state index is 0.259. The first kappa shape index (κ1) is 10.9. The number of aliphatic hydroxyl groups is 1. The smallest absolute Gasteiger partial charge is 0.169 e. The van der Waals surface area contributed by atoms with Crippen molar-refractivity contribution in [3.05, 3.63) is 0 Å². The second-order valence-corrected chi connectivity index (χ2v) is 3.69. The van der Waals surface area contributed by atoms with Crippen molar-refractivity contribution in [2.24, 2.45) is 5.73 Å². The molecule has 3 N–H and O–H groups in total. The highest BCUT2D eigenvalue weighted by Crippen LogP contribution is 2.13. The lowest BCUT2D eigenvalue weighted by Crippen LogP contribution is -2.59. The first-order valence-electron chi connectivity index (χ1n) is 4.06. The quantitative estimate of drug-likeness (QED) is 0.598. The largest absolute Gasteiger partial charge is 0.363 e. The van der Waals surface area contributed by atoms with Gasteiger partial charge in [0.25, 0.3) is 0 Å². The Labute approximate surface area is 69.2 Å². The van der Waals surface area contributed by atoms with E-state index in [0.29, 0.717) is 0 Å². The summed E-state index contributed by atoms with van der Waals surface area (Å²) in [7, 11) is 0. The van der Waals surface area contributed by atoms with E-state index in [0.717, 1.165) is 0 Å². The molecule has 1 atom stereocenters. The molecule has 0 spiro atoms. The van der Waals surface area contributed by atoms with Gasteiger partial charge in [0.15, 0.2) is 5.85 Å². The van der Waals surface area contributed by atoms with Crippen molar-refractivity contribution in [3.63, 3.8) is 0 Å². The first-order chi connectivity index (χ1) is 4.76. The predicted molar refractivity (Wildman–Crippen MR) is 46.9 cm³/mol. The van der Waals surface area contributed by atoms with E-state index >= 15 is 0 Å². The molecule has 0 fully saturated rings. The normalized spacial score (nSPS) is 18.0. The van der Waals surface area contributed by atoms with Gasteiger partial charge in [-0.1, -0.05) is 0 Å². The SMILES string of the molecule is CC(C)N(C(C)C)C(C)(N)O.